The molecule has 0 aliphatic rings. The summed E-state index contributed by atoms with van der Waals surface area (Å²) in [5, 5.41) is 4.28. The Labute approximate surface area is 133 Å². The van der Waals surface area contributed by atoms with Crippen LogP contribution in [0, 0.1) is 0 Å². The Hall–Kier alpha value is -1.36. The van der Waals surface area contributed by atoms with Gasteiger partial charge in [-0.3, -0.25) is 4.79 Å². The number of thiophene rings is 1. The highest BCUT2D eigenvalue weighted by Gasteiger charge is 2.16. The van der Waals surface area contributed by atoms with E-state index in [1.54, 1.807) is 0 Å². The summed E-state index contributed by atoms with van der Waals surface area (Å²) < 4.78 is 1.98. The first kappa shape index (κ1) is 13.6. The summed E-state index contributed by atoms with van der Waals surface area (Å²) >= 11 is 11.0. The number of fused-ring (bicyclic) bond motifs is 1. The molecule has 2 aromatic carbocycles. The molecule has 0 bridgehead atoms. The Morgan fingerprint density at radius 1 is 1.10 bits per heavy atom. The summed E-state index contributed by atoms with van der Waals surface area (Å²) in [6.45, 7) is 0. The fourth-order valence-corrected chi connectivity index (χ4v) is 3.56. The standard InChI is InChI=1S/C15H9BrClNOS/c16-9-5-7-10(8-6-9)18-15(19)14-13(17)11-3-1-2-4-12(11)20-14/h1-8H,(H,18,19). The molecule has 100 valence electrons. The van der Waals surface area contributed by atoms with E-state index in [1.807, 2.05) is 48.5 Å². The zero-order chi connectivity index (χ0) is 14.1. The summed E-state index contributed by atoms with van der Waals surface area (Å²) in [7, 11) is 0. The second kappa shape index (κ2) is 5.56. The van der Waals surface area contributed by atoms with Crippen LogP contribution in [0.25, 0.3) is 10.1 Å². The molecule has 0 saturated carbocycles. The first-order valence-electron chi connectivity index (χ1n) is 5.89. The van der Waals surface area contributed by atoms with Crippen LogP contribution in [0.1, 0.15) is 9.67 Å². The third-order valence-corrected chi connectivity index (χ3v) is 5.05. The van der Waals surface area contributed by atoms with Gasteiger partial charge < -0.3 is 5.32 Å². The third-order valence-electron chi connectivity index (χ3n) is 2.84. The van der Waals surface area contributed by atoms with Crippen LogP contribution in [0.15, 0.2) is 53.0 Å². The van der Waals surface area contributed by atoms with Gasteiger partial charge in [-0.15, -0.1) is 11.3 Å². The van der Waals surface area contributed by atoms with Crippen molar-refractivity contribution in [2.45, 2.75) is 0 Å². The Balaban J connectivity index is 1.92. The van der Waals surface area contributed by atoms with Crippen LogP contribution in [-0.4, -0.2) is 5.91 Å². The molecule has 0 radical (unpaired) electrons. The lowest BCUT2D eigenvalue weighted by atomic mass is 10.2. The normalized spacial score (nSPS) is 10.7. The number of halogens is 2. The van der Waals surface area contributed by atoms with Crippen LogP contribution in [0.3, 0.4) is 0 Å². The molecule has 0 unspecified atom stereocenters. The van der Waals surface area contributed by atoms with Gasteiger partial charge in [-0.25, -0.2) is 0 Å². The average molecular weight is 367 g/mol. The van der Waals surface area contributed by atoms with Crippen molar-refractivity contribution in [3.8, 4) is 0 Å². The minimum absolute atomic E-state index is 0.182. The minimum Gasteiger partial charge on any atom is -0.321 e. The number of hydrogen-bond acceptors (Lipinski definition) is 2. The summed E-state index contributed by atoms with van der Waals surface area (Å²) in [4.78, 5) is 12.8. The molecule has 0 atom stereocenters. The molecule has 3 rings (SSSR count). The molecule has 5 heteroatoms. The number of benzene rings is 2. The van der Waals surface area contributed by atoms with Crippen molar-refractivity contribution in [2.75, 3.05) is 5.32 Å². The Morgan fingerprint density at radius 3 is 2.50 bits per heavy atom. The second-order valence-corrected chi connectivity index (χ2v) is 6.55. The number of carbonyl (C=O) groups is 1. The summed E-state index contributed by atoms with van der Waals surface area (Å²) in [5.41, 5.74) is 0.742. The van der Waals surface area contributed by atoms with Gasteiger partial charge in [0.2, 0.25) is 0 Å². The van der Waals surface area contributed by atoms with Crippen LogP contribution in [-0.2, 0) is 0 Å². The molecule has 2 nitrogen and oxygen atoms in total. The van der Waals surface area contributed by atoms with E-state index in [9.17, 15) is 4.79 Å². The molecule has 0 spiro atoms. The fourth-order valence-electron chi connectivity index (χ4n) is 1.88. The minimum atomic E-state index is -0.182. The van der Waals surface area contributed by atoms with Crippen molar-refractivity contribution in [2.24, 2.45) is 0 Å². The van der Waals surface area contributed by atoms with Crippen LogP contribution in [0.2, 0.25) is 5.02 Å². The van der Waals surface area contributed by atoms with E-state index in [-0.39, 0.29) is 5.91 Å². The van der Waals surface area contributed by atoms with E-state index >= 15 is 0 Å². The highest BCUT2D eigenvalue weighted by atomic mass is 79.9. The molecular weight excluding hydrogens is 358 g/mol. The molecule has 0 saturated heterocycles. The van der Waals surface area contributed by atoms with Gasteiger partial charge in [-0.2, -0.15) is 0 Å². The average Bonchev–Trinajstić information content (AvgIpc) is 2.79. The zero-order valence-electron chi connectivity index (χ0n) is 10.2. The van der Waals surface area contributed by atoms with Gasteiger partial charge in [0.05, 0.1) is 5.02 Å². The maximum absolute atomic E-state index is 12.3. The number of hydrogen-bond donors (Lipinski definition) is 1. The maximum Gasteiger partial charge on any atom is 0.267 e. The van der Waals surface area contributed by atoms with E-state index < -0.39 is 0 Å². The fraction of sp³-hybridized carbons (Fsp3) is 0. The largest absolute Gasteiger partial charge is 0.321 e. The smallest absolute Gasteiger partial charge is 0.267 e. The zero-order valence-corrected chi connectivity index (χ0v) is 13.3. The van der Waals surface area contributed by atoms with Crippen molar-refractivity contribution in [3.05, 3.63) is 62.9 Å². The molecule has 3 aromatic rings. The van der Waals surface area contributed by atoms with Gasteiger partial charge in [-0.05, 0) is 30.3 Å². The predicted molar refractivity (Wildman–Crippen MR) is 88.9 cm³/mol. The van der Waals surface area contributed by atoms with E-state index in [2.05, 4.69) is 21.2 Å². The molecule has 1 N–H and O–H groups in total. The Kier molecular flexibility index (Phi) is 3.78. The van der Waals surface area contributed by atoms with E-state index in [0.717, 1.165) is 20.2 Å². The van der Waals surface area contributed by atoms with Crippen LogP contribution < -0.4 is 5.32 Å². The van der Waals surface area contributed by atoms with Crippen molar-refractivity contribution in [1.29, 1.82) is 0 Å². The monoisotopic (exact) mass is 365 g/mol. The number of anilines is 1. The lowest BCUT2D eigenvalue weighted by molar-refractivity contribution is 0.103. The molecule has 20 heavy (non-hydrogen) atoms. The van der Waals surface area contributed by atoms with Gasteiger partial charge in [0, 0.05) is 20.2 Å². The molecule has 0 aliphatic heterocycles. The van der Waals surface area contributed by atoms with E-state index in [4.69, 9.17) is 11.6 Å². The van der Waals surface area contributed by atoms with Crippen LogP contribution in [0.4, 0.5) is 5.69 Å². The molecule has 1 amide bonds. The van der Waals surface area contributed by atoms with Gasteiger partial charge >= 0.3 is 0 Å². The predicted octanol–water partition coefficient (Wildman–Crippen LogP) is 5.57. The number of carbonyl (C=O) groups excluding carboxylic acids is 1. The summed E-state index contributed by atoms with van der Waals surface area (Å²) in [5.74, 6) is -0.182. The highest BCUT2D eigenvalue weighted by molar-refractivity contribution is 9.10. The van der Waals surface area contributed by atoms with Gasteiger partial charge in [-0.1, -0.05) is 45.7 Å². The highest BCUT2D eigenvalue weighted by Crippen LogP contribution is 2.35. The Bertz CT molecular complexity index is 782. The van der Waals surface area contributed by atoms with Crippen LogP contribution in [0.5, 0.6) is 0 Å². The van der Waals surface area contributed by atoms with Crippen molar-refractivity contribution in [3.63, 3.8) is 0 Å². The third kappa shape index (κ3) is 2.59. The number of rotatable bonds is 2. The lowest BCUT2D eigenvalue weighted by Crippen LogP contribution is -2.10. The van der Waals surface area contributed by atoms with Crippen molar-refractivity contribution >= 4 is 60.5 Å². The summed E-state index contributed by atoms with van der Waals surface area (Å²) in [6.07, 6.45) is 0. The molecule has 1 aromatic heterocycles. The Morgan fingerprint density at radius 2 is 1.80 bits per heavy atom. The van der Waals surface area contributed by atoms with Crippen molar-refractivity contribution in [1.82, 2.24) is 0 Å². The lowest BCUT2D eigenvalue weighted by Gasteiger charge is -2.03. The SMILES string of the molecule is O=C(Nc1ccc(Br)cc1)c1sc2ccccc2c1Cl. The molecular formula is C15H9BrClNOS. The van der Waals surface area contributed by atoms with E-state index in [0.29, 0.717) is 9.90 Å². The van der Waals surface area contributed by atoms with Gasteiger partial charge in [0.1, 0.15) is 4.88 Å². The molecule has 0 aliphatic carbocycles. The summed E-state index contributed by atoms with van der Waals surface area (Å²) in [6, 6.07) is 15.2. The molecule has 0 fully saturated rings. The number of amides is 1. The topological polar surface area (TPSA) is 29.1 Å². The van der Waals surface area contributed by atoms with Gasteiger partial charge in [0.25, 0.3) is 5.91 Å². The second-order valence-electron chi connectivity index (χ2n) is 4.20. The number of nitrogens with one attached hydrogen (secondary N) is 1. The van der Waals surface area contributed by atoms with E-state index in [1.165, 1.54) is 11.3 Å². The van der Waals surface area contributed by atoms with Crippen LogP contribution >= 0.6 is 38.9 Å². The first-order valence-corrected chi connectivity index (χ1v) is 7.88. The maximum atomic E-state index is 12.3. The van der Waals surface area contributed by atoms with Crippen molar-refractivity contribution < 1.29 is 4.79 Å². The molecule has 1 heterocycles. The first-order chi connectivity index (χ1) is 9.65. The van der Waals surface area contributed by atoms with Gasteiger partial charge in [0.15, 0.2) is 0 Å². The quantitative estimate of drug-likeness (QED) is 0.631.